The number of piperidine rings is 1. The van der Waals surface area contributed by atoms with Crippen LogP contribution in [-0.4, -0.2) is 44.3 Å². The van der Waals surface area contributed by atoms with E-state index in [1.807, 2.05) is 60.5 Å². The highest BCUT2D eigenvalue weighted by Gasteiger charge is 2.29. The maximum absolute atomic E-state index is 13.0. The zero-order chi connectivity index (χ0) is 20.1. The molecule has 28 heavy (non-hydrogen) atoms. The first-order valence-electron chi connectivity index (χ1n) is 9.74. The van der Waals surface area contributed by atoms with Crippen LogP contribution in [0.15, 0.2) is 48.5 Å². The van der Waals surface area contributed by atoms with Crippen molar-refractivity contribution in [3.05, 3.63) is 59.7 Å². The molecule has 0 aliphatic carbocycles. The second-order valence-corrected chi connectivity index (χ2v) is 7.37. The number of aldehydes is 1. The van der Waals surface area contributed by atoms with Crippen molar-refractivity contribution < 1.29 is 14.3 Å². The lowest BCUT2D eigenvalue weighted by atomic mass is 9.94. The molecule has 0 spiro atoms. The Morgan fingerprint density at radius 1 is 1.11 bits per heavy atom. The van der Waals surface area contributed by atoms with E-state index in [4.69, 9.17) is 4.74 Å². The Kier molecular flexibility index (Phi) is 6.34. The number of nitrogens with zero attached hydrogens (tertiary/aromatic N) is 2. The van der Waals surface area contributed by atoms with Crippen LogP contribution in [0.5, 0.6) is 5.75 Å². The molecule has 5 nitrogen and oxygen atoms in total. The van der Waals surface area contributed by atoms with E-state index in [-0.39, 0.29) is 17.9 Å². The van der Waals surface area contributed by atoms with Gasteiger partial charge in [-0.25, -0.2) is 0 Å². The molecular weight excluding hydrogens is 352 g/mol. The van der Waals surface area contributed by atoms with Crippen molar-refractivity contribution in [3.8, 4) is 5.75 Å². The van der Waals surface area contributed by atoms with Gasteiger partial charge in [0.15, 0.2) is 0 Å². The Bertz CT molecular complexity index is 794. The Balaban J connectivity index is 1.57. The average Bonchev–Trinajstić information content (AvgIpc) is 2.78. The Morgan fingerprint density at radius 3 is 2.25 bits per heavy atom. The zero-order valence-corrected chi connectivity index (χ0v) is 16.8. The lowest BCUT2D eigenvalue weighted by molar-refractivity contribution is -0.136. The van der Waals surface area contributed by atoms with Gasteiger partial charge in [0.1, 0.15) is 12.0 Å². The third-order valence-electron chi connectivity index (χ3n) is 5.77. The van der Waals surface area contributed by atoms with Gasteiger partial charge in [0.2, 0.25) is 5.91 Å². The molecule has 5 heteroatoms. The number of hydrogen-bond donors (Lipinski definition) is 0. The Morgan fingerprint density at radius 2 is 1.71 bits per heavy atom. The zero-order valence-electron chi connectivity index (χ0n) is 16.8. The maximum atomic E-state index is 13.0. The molecular formula is C23H28N2O3. The molecule has 0 aromatic heterocycles. The molecule has 0 bridgehead atoms. The largest absolute Gasteiger partial charge is 0.497 e. The number of methoxy groups -OCH3 is 1. The van der Waals surface area contributed by atoms with E-state index in [1.54, 1.807) is 7.11 Å². The van der Waals surface area contributed by atoms with E-state index in [2.05, 4.69) is 11.8 Å². The van der Waals surface area contributed by atoms with Gasteiger partial charge in [-0.1, -0.05) is 12.1 Å². The van der Waals surface area contributed by atoms with Gasteiger partial charge in [-0.15, -0.1) is 0 Å². The average molecular weight is 380 g/mol. The number of carbonyl (C=O) groups excluding carboxylic acids is 2. The van der Waals surface area contributed by atoms with Gasteiger partial charge in [-0.2, -0.15) is 0 Å². The summed E-state index contributed by atoms with van der Waals surface area (Å²) in [5.74, 6) is 1.08. The van der Waals surface area contributed by atoms with Crippen LogP contribution in [0.1, 0.15) is 41.7 Å². The van der Waals surface area contributed by atoms with Gasteiger partial charge in [0, 0.05) is 37.3 Å². The van der Waals surface area contributed by atoms with Crippen molar-refractivity contribution >= 4 is 17.9 Å². The first-order valence-corrected chi connectivity index (χ1v) is 9.74. The Labute approximate surface area is 166 Å². The molecule has 1 amide bonds. The van der Waals surface area contributed by atoms with E-state index < -0.39 is 0 Å². The fraction of sp³-hybridized carbons (Fsp3) is 0.391. The number of ether oxygens (including phenoxy) is 1. The Hall–Kier alpha value is -2.82. The van der Waals surface area contributed by atoms with Crippen LogP contribution in [0.4, 0.5) is 5.69 Å². The van der Waals surface area contributed by atoms with E-state index in [9.17, 15) is 9.59 Å². The van der Waals surface area contributed by atoms with E-state index in [1.165, 1.54) is 0 Å². The lowest BCUT2D eigenvalue weighted by Crippen LogP contribution is -2.42. The number of amides is 1. The van der Waals surface area contributed by atoms with Gasteiger partial charge >= 0.3 is 0 Å². The molecule has 2 aromatic rings. The number of hydrogen-bond acceptors (Lipinski definition) is 4. The minimum atomic E-state index is 0.0207. The highest BCUT2D eigenvalue weighted by Crippen LogP contribution is 2.28. The molecule has 1 atom stereocenters. The first kappa shape index (κ1) is 19.9. The highest BCUT2D eigenvalue weighted by atomic mass is 16.5. The summed E-state index contributed by atoms with van der Waals surface area (Å²) in [6.07, 6.45) is 2.54. The minimum Gasteiger partial charge on any atom is -0.497 e. The lowest BCUT2D eigenvalue weighted by Gasteiger charge is -2.36. The minimum absolute atomic E-state index is 0.0207. The van der Waals surface area contributed by atoms with E-state index in [0.29, 0.717) is 5.56 Å². The van der Waals surface area contributed by atoms with Crippen LogP contribution in [0.25, 0.3) is 0 Å². The normalized spacial score (nSPS) is 15.8. The van der Waals surface area contributed by atoms with Crippen LogP contribution in [0.2, 0.25) is 0 Å². The number of benzene rings is 2. The maximum Gasteiger partial charge on any atom is 0.226 e. The number of carbonyl (C=O) groups is 2. The molecule has 1 aliphatic rings. The monoisotopic (exact) mass is 380 g/mol. The summed E-state index contributed by atoms with van der Waals surface area (Å²) < 4.78 is 5.21. The third-order valence-corrected chi connectivity index (χ3v) is 5.77. The standard InChI is InChI=1S/C23H28N2O3/c1-17(19-6-10-22(28-3)11-7-19)24(2)23(27)20-12-14-25(15-13-20)21-8-4-18(16-26)5-9-21/h4-11,16-17,20H,12-15H2,1-3H3/t17-/m0/s1. The SMILES string of the molecule is COc1ccc([C@H](C)N(C)C(=O)C2CCN(c3ccc(C=O)cc3)CC2)cc1. The molecule has 3 rings (SSSR count). The molecule has 2 aromatic carbocycles. The molecule has 0 radical (unpaired) electrons. The first-order chi connectivity index (χ1) is 13.5. The summed E-state index contributed by atoms with van der Waals surface area (Å²) in [7, 11) is 3.54. The molecule has 148 valence electrons. The van der Waals surface area contributed by atoms with E-state index in [0.717, 1.165) is 49.2 Å². The molecule has 1 aliphatic heterocycles. The summed E-state index contributed by atoms with van der Waals surface area (Å²) in [6, 6.07) is 15.5. The second-order valence-electron chi connectivity index (χ2n) is 7.37. The molecule has 1 heterocycles. The predicted molar refractivity (Wildman–Crippen MR) is 111 cm³/mol. The summed E-state index contributed by atoms with van der Waals surface area (Å²) in [5, 5.41) is 0. The van der Waals surface area contributed by atoms with Crippen LogP contribution >= 0.6 is 0 Å². The van der Waals surface area contributed by atoms with Crippen molar-refractivity contribution in [2.75, 3.05) is 32.1 Å². The van der Waals surface area contributed by atoms with Crippen molar-refractivity contribution in [1.82, 2.24) is 4.90 Å². The number of rotatable bonds is 6. The van der Waals surface area contributed by atoms with Crippen molar-refractivity contribution in [1.29, 1.82) is 0 Å². The van der Waals surface area contributed by atoms with Crippen LogP contribution in [-0.2, 0) is 4.79 Å². The van der Waals surface area contributed by atoms with Gasteiger partial charge in [-0.3, -0.25) is 9.59 Å². The quantitative estimate of drug-likeness (QED) is 0.712. The summed E-state index contributed by atoms with van der Waals surface area (Å²) in [4.78, 5) is 28.0. The summed E-state index contributed by atoms with van der Waals surface area (Å²) in [5.41, 5.74) is 2.89. The van der Waals surface area contributed by atoms with Crippen LogP contribution in [0, 0.1) is 5.92 Å². The highest BCUT2D eigenvalue weighted by molar-refractivity contribution is 5.79. The topological polar surface area (TPSA) is 49.9 Å². The fourth-order valence-corrected chi connectivity index (χ4v) is 3.73. The van der Waals surface area contributed by atoms with Crippen molar-refractivity contribution in [2.45, 2.75) is 25.8 Å². The van der Waals surface area contributed by atoms with Gasteiger partial charge < -0.3 is 14.5 Å². The van der Waals surface area contributed by atoms with E-state index >= 15 is 0 Å². The number of anilines is 1. The van der Waals surface area contributed by atoms with Gasteiger partial charge in [0.05, 0.1) is 13.2 Å². The fourth-order valence-electron chi connectivity index (χ4n) is 3.73. The molecule has 1 fully saturated rings. The summed E-state index contributed by atoms with van der Waals surface area (Å²) >= 11 is 0. The second kappa shape index (κ2) is 8.91. The van der Waals surface area contributed by atoms with Gasteiger partial charge in [-0.05, 0) is 61.7 Å². The molecule has 0 saturated carbocycles. The molecule has 0 unspecified atom stereocenters. The van der Waals surface area contributed by atoms with Crippen molar-refractivity contribution in [3.63, 3.8) is 0 Å². The van der Waals surface area contributed by atoms with Gasteiger partial charge in [0.25, 0.3) is 0 Å². The third kappa shape index (κ3) is 4.35. The summed E-state index contributed by atoms with van der Waals surface area (Å²) in [6.45, 7) is 3.76. The molecule has 1 saturated heterocycles. The smallest absolute Gasteiger partial charge is 0.226 e. The molecule has 0 N–H and O–H groups in total. The van der Waals surface area contributed by atoms with Crippen molar-refractivity contribution in [2.24, 2.45) is 5.92 Å². The van der Waals surface area contributed by atoms with Crippen LogP contribution < -0.4 is 9.64 Å². The van der Waals surface area contributed by atoms with Crippen LogP contribution in [0.3, 0.4) is 0 Å². The predicted octanol–water partition coefficient (Wildman–Crippen LogP) is 3.94.